The van der Waals surface area contributed by atoms with Crippen molar-refractivity contribution in [2.24, 2.45) is 0 Å². The van der Waals surface area contributed by atoms with Gasteiger partial charge in [0, 0.05) is 17.8 Å². The van der Waals surface area contributed by atoms with E-state index in [2.05, 4.69) is 17.0 Å². The number of anilines is 1. The molecular formula is C22H19FN2O2. The third-order valence-corrected chi connectivity index (χ3v) is 5.18. The van der Waals surface area contributed by atoms with E-state index >= 15 is 0 Å². The molecule has 0 radical (unpaired) electrons. The van der Waals surface area contributed by atoms with Crippen LogP contribution in [-0.2, 0) is 0 Å². The molecule has 4 nitrogen and oxygen atoms in total. The van der Waals surface area contributed by atoms with Crippen molar-refractivity contribution in [1.82, 2.24) is 0 Å². The largest absolute Gasteiger partial charge is 0.357 e. The second-order valence-electron chi connectivity index (χ2n) is 6.75. The van der Waals surface area contributed by atoms with Gasteiger partial charge in [0.1, 0.15) is 5.82 Å². The Kier molecular flexibility index (Phi) is 4.59. The maximum Gasteiger partial charge on any atom is 0.269 e. The Morgan fingerprint density at radius 2 is 1.37 bits per heavy atom. The van der Waals surface area contributed by atoms with Gasteiger partial charge in [-0.3, -0.25) is 10.1 Å². The Bertz CT molecular complexity index is 927. The molecule has 1 fully saturated rings. The van der Waals surface area contributed by atoms with E-state index in [4.69, 9.17) is 0 Å². The molecule has 136 valence electrons. The number of nitrogens with zero attached hydrogens (tertiary/aromatic N) is 2. The van der Waals surface area contributed by atoms with Crippen LogP contribution in [0.4, 0.5) is 15.8 Å². The first kappa shape index (κ1) is 17.2. The van der Waals surface area contributed by atoms with Gasteiger partial charge in [0.05, 0.1) is 17.0 Å². The zero-order valence-corrected chi connectivity index (χ0v) is 14.7. The third-order valence-electron chi connectivity index (χ3n) is 5.18. The molecule has 0 aliphatic carbocycles. The van der Waals surface area contributed by atoms with E-state index in [1.807, 2.05) is 30.3 Å². The minimum Gasteiger partial charge on any atom is -0.357 e. The van der Waals surface area contributed by atoms with Gasteiger partial charge in [-0.2, -0.15) is 0 Å². The first-order valence-corrected chi connectivity index (χ1v) is 8.97. The van der Waals surface area contributed by atoms with Gasteiger partial charge < -0.3 is 4.90 Å². The lowest BCUT2D eigenvalue weighted by molar-refractivity contribution is -0.384. The lowest BCUT2D eigenvalue weighted by atomic mass is 10.0. The van der Waals surface area contributed by atoms with Crippen LogP contribution in [0, 0.1) is 15.9 Å². The van der Waals surface area contributed by atoms with Crippen LogP contribution in [0.2, 0.25) is 0 Å². The van der Waals surface area contributed by atoms with Gasteiger partial charge in [0.15, 0.2) is 0 Å². The zero-order chi connectivity index (χ0) is 18.8. The molecule has 1 aliphatic rings. The van der Waals surface area contributed by atoms with Crippen molar-refractivity contribution in [3.05, 3.63) is 106 Å². The van der Waals surface area contributed by atoms with Gasteiger partial charge in [-0.25, -0.2) is 4.39 Å². The molecular weight excluding hydrogens is 343 g/mol. The Morgan fingerprint density at radius 1 is 0.815 bits per heavy atom. The summed E-state index contributed by atoms with van der Waals surface area (Å²) in [5.41, 5.74) is 3.28. The van der Waals surface area contributed by atoms with Crippen molar-refractivity contribution in [1.29, 1.82) is 0 Å². The normalized spacial score (nSPS) is 19.2. The topological polar surface area (TPSA) is 46.4 Å². The van der Waals surface area contributed by atoms with E-state index < -0.39 is 0 Å². The van der Waals surface area contributed by atoms with E-state index in [0.717, 1.165) is 24.1 Å². The Labute approximate surface area is 157 Å². The number of nitro groups is 1. The van der Waals surface area contributed by atoms with Crippen molar-refractivity contribution in [2.75, 3.05) is 4.90 Å². The molecule has 4 rings (SSSR count). The third kappa shape index (κ3) is 3.40. The monoisotopic (exact) mass is 362 g/mol. The fourth-order valence-electron chi connectivity index (χ4n) is 3.93. The van der Waals surface area contributed by atoms with Crippen LogP contribution in [0.25, 0.3) is 0 Å². The highest BCUT2D eigenvalue weighted by molar-refractivity contribution is 5.53. The smallest absolute Gasteiger partial charge is 0.269 e. The van der Waals surface area contributed by atoms with Crippen molar-refractivity contribution in [3.63, 3.8) is 0 Å². The maximum atomic E-state index is 13.5. The molecule has 1 aliphatic heterocycles. The average Bonchev–Trinajstić information content (AvgIpc) is 3.14. The Balaban J connectivity index is 1.73. The summed E-state index contributed by atoms with van der Waals surface area (Å²) in [4.78, 5) is 12.9. The van der Waals surface area contributed by atoms with Crippen LogP contribution in [0.1, 0.15) is 36.1 Å². The molecule has 1 heterocycles. The molecule has 27 heavy (non-hydrogen) atoms. The molecule has 3 aromatic rings. The quantitative estimate of drug-likeness (QED) is 0.434. The minimum absolute atomic E-state index is 0.0847. The molecule has 2 unspecified atom stereocenters. The Hall–Kier alpha value is -3.21. The summed E-state index contributed by atoms with van der Waals surface area (Å²) in [6.07, 6.45) is 1.89. The summed E-state index contributed by atoms with van der Waals surface area (Å²) >= 11 is 0. The van der Waals surface area contributed by atoms with Crippen LogP contribution in [0.15, 0.2) is 78.9 Å². The van der Waals surface area contributed by atoms with E-state index in [1.54, 1.807) is 24.3 Å². The zero-order valence-electron chi connectivity index (χ0n) is 14.7. The molecule has 0 saturated carbocycles. The molecule has 5 heteroatoms. The Morgan fingerprint density at radius 3 is 1.93 bits per heavy atom. The first-order chi connectivity index (χ1) is 13.1. The summed E-state index contributed by atoms with van der Waals surface area (Å²) in [5, 5.41) is 10.9. The van der Waals surface area contributed by atoms with Crippen molar-refractivity contribution in [2.45, 2.75) is 24.9 Å². The number of halogens is 1. The van der Waals surface area contributed by atoms with E-state index in [1.165, 1.54) is 17.7 Å². The predicted octanol–water partition coefficient (Wildman–Crippen LogP) is 5.82. The lowest BCUT2D eigenvalue weighted by Gasteiger charge is -2.33. The molecule has 2 atom stereocenters. The molecule has 0 N–H and O–H groups in total. The number of nitro benzene ring substituents is 1. The van der Waals surface area contributed by atoms with Crippen LogP contribution in [0.5, 0.6) is 0 Å². The highest BCUT2D eigenvalue weighted by atomic mass is 19.1. The summed E-state index contributed by atoms with van der Waals surface area (Å²) in [5.74, 6) is -0.263. The number of rotatable bonds is 4. The fraction of sp³-hybridized carbons (Fsp3) is 0.182. The van der Waals surface area contributed by atoms with Gasteiger partial charge in [0.2, 0.25) is 0 Å². The second-order valence-corrected chi connectivity index (χ2v) is 6.75. The van der Waals surface area contributed by atoms with E-state index in [0.29, 0.717) is 0 Å². The van der Waals surface area contributed by atoms with Crippen molar-refractivity contribution in [3.8, 4) is 0 Å². The van der Waals surface area contributed by atoms with Gasteiger partial charge >= 0.3 is 0 Å². The highest BCUT2D eigenvalue weighted by Gasteiger charge is 2.35. The van der Waals surface area contributed by atoms with Crippen molar-refractivity contribution < 1.29 is 9.31 Å². The summed E-state index contributed by atoms with van der Waals surface area (Å²) in [6, 6.07) is 23.8. The summed E-state index contributed by atoms with van der Waals surface area (Å²) in [7, 11) is 0. The number of hydrogen-bond donors (Lipinski definition) is 0. The molecule has 1 saturated heterocycles. The van der Waals surface area contributed by atoms with E-state index in [-0.39, 0.29) is 28.5 Å². The van der Waals surface area contributed by atoms with Gasteiger partial charge in [-0.15, -0.1) is 0 Å². The van der Waals surface area contributed by atoms with Crippen LogP contribution < -0.4 is 4.90 Å². The van der Waals surface area contributed by atoms with Crippen molar-refractivity contribution >= 4 is 11.4 Å². The average molecular weight is 362 g/mol. The molecule has 0 spiro atoms. The second kappa shape index (κ2) is 7.19. The van der Waals surface area contributed by atoms with Crippen LogP contribution in [-0.4, -0.2) is 4.92 Å². The molecule has 0 aromatic heterocycles. The predicted molar refractivity (Wildman–Crippen MR) is 103 cm³/mol. The minimum atomic E-state index is -0.386. The standard InChI is InChI=1S/C22H19FN2O2/c23-18-8-12-19(13-9-18)24-21(16-4-2-1-3-5-16)14-15-22(24)17-6-10-20(11-7-17)25(26)27/h1-13,21-22H,14-15H2. The summed E-state index contributed by atoms with van der Waals surface area (Å²) < 4.78 is 13.5. The van der Waals surface area contributed by atoms with Crippen LogP contribution in [0.3, 0.4) is 0 Å². The van der Waals surface area contributed by atoms with Gasteiger partial charge in [0.25, 0.3) is 5.69 Å². The number of hydrogen-bond acceptors (Lipinski definition) is 3. The van der Waals surface area contributed by atoms with E-state index in [9.17, 15) is 14.5 Å². The number of non-ortho nitro benzene ring substituents is 1. The highest BCUT2D eigenvalue weighted by Crippen LogP contribution is 2.46. The van der Waals surface area contributed by atoms with Crippen LogP contribution >= 0.6 is 0 Å². The fourth-order valence-corrected chi connectivity index (χ4v) is 3.93. The lowest BCUT2D eigenvalue weighted by Crippen LogP contribution is -2.26. The molecule has 3 aromatic carbocycles. The molecule has 0 bridgehead atoms. The first-order valence-electron chi connectivity index (χ1n) is 8.97. The summed E-state index contributed by atoms with van der Waals surface area (Å²) in [6.45, 7) is 0. The number of benzene rings is 3. The maximum absolute atomic E-state index is 13.5. The SMILES string of the molecule is O=[N+]([O-])c1ccc(C2CCC(c3ccccc3)N2c2ccc(F)cc2)cc1. The van der Waals surface area contributed by atoms with Gasteiger partial charge in [-0.05, 0) is 48.2 Å². The molecule has 0 amide bonds. The van der Waals surface area contributed by atoms with Gasteiger partial charge in [-0.1, -0.05) is 42.5 Å².